The fourth-order valence-electron chi connectivity index (χ4n) is 4.68. The Kier molecular flexibility index (Phi) is 35.3. The van der Waals surface area contributed by atoms with E-state index in [1.165, 1.54) is 116 Å². The molecule has 0 bridgehead atoms. The second-order valence-electron chi connectivity index (χ2n) is 11.9. The number of ether oxygens (including phenoxy) is 1. The number of nitrogens with zero attached hydrogens (tertiary/aromatic N) is 1. The van der Waals surface area contributed by atoms with E-state index in [4.69, 9.17) is 9.84 Å². The van der Waals surface area contributed by atoms with Gasteiger partial charge in [-0.3, -0.25) is 4.79 Å². The van der Waals surface area contributed by atoms with Crippen LogP contribution in [0.25, 0.3) is 0 Å². The van der Waals surface area contributed by atoms with Gasteiger partial charge in [0.1, 0.15) is 5.78 Å². The molecule has 0 spiro atoms. The van der Waals surface area contributed by atoms with Gasteiger partial charge in [0.2, 0.25) is 0 Å². The number of ketones is 1. The first kappa shape index (κ1) is 41.2. The van der Waals surface area contributed by atoms with Crippen LogP contribution >= 0.6 is 0 Å². The third kappa shape index (κ3) is 33.3. The maximum Gasteiger partial charge on any atom is 0.308 e. The predicted octanol–water partition coefficient (Wildman–Crippen LogP) is 9.68. The van der Waals surface area contributed by atoms with Gasteiger partial charge in [-0.05, 0) is 71.5 Å². The third-order valence-electron chi connectivity index (χ3n) is 7.72. The van der Waals surface area contributed by atoms with E-state index in [1.807, 2.05) is 13.8 Å². The second kappa shape index (κ2) is 34.3. The molecule has 0 saturated heterocycles. The zero-order valence-electron chi connectivity index (χ0n) is 27.8. The van der Waals surface area contributed by atoms with Gasteiger partial charge in [0.15, 0.2) is 0 Å². The van der Waals surface area contributed by atoms with Crippen LogP contribution in [0.15, 0.2) is 0 Å². The Hall–Kier alpha value is -0.940. The first-order valence-corrected chi connectivity index (χ1v) is 17.4. The summed E-state index contributed by atoms with van der Waals surface area (Å²) >= 11 is 0. The minimum Gasteiger partial charge on any atom is -0.465 e. The number of esters is 1. The number of hydrogen-bond acceptors (Lipinski definition) is 5. The molecule has 0 aliphatic heterocycles. The molecule has 0 aromatic rings. The molecule has 0 saturated carbocycles. The van der Waals surface area contributed by atoms with Crippen molar-refractivity contribution in [2.24, 2.45) is 5.92 Å². The number of carbonyl (C=O) groups excluding carboxylic acids is 2. The van der Waals surface area contributed by atoms with Gasteiger partial charge in [0.05, 0.1) is 12.5 Å². The number of Topliss-reactive ketones (excluding diaryl/α,β-unsaturated/α-hetero) is 1. The van der Waals surface area contributed by atoms with Crippen molar-refractivity contribution in [2.45, 2.75) is 176 Å². The fraction of sp³-hybridized carbons (Fsp3) is 0.943. The quantitative estimate of drug-likeness (QED) is 0.0717. The van der Waals surface area contributed by atoms with Gasteiger partial charge >= 0.3 is 5.97 Å². The summed E-state index contributed by atoms with van der Waals surface area (Å²) in [6.45, 7) is 14.5. The molecule has 0 aromatic heterocycles. The van der Waals surface area contributed by atoms with E-state index in [-0.39, 0.29) is 11.9 Å². The lowest BCUT2D eigenvalue weighted by atomic mass is 10.1. The molecular weight excluding hydrogens is 498 g/mol. The maximum atomic E-state index is 11.6. The van der Waals surface area contributed by atoms with Gasteiger partial charge in [-0.1, -0.05) is 118 Å². The number of rotatable bonds is 29. The van der Waals surface area contributed by atoms with Crippen molar-refractivity contribution in [3.63, 3.8) is 0 Å². The Bertz CT molecular complexity index is 526. The molecule has 0 heterocycles. The Balaban J connectivity index is 0. The van der Waals surface area contributed by atoms with E-state index in [9.17, 15) is 9.59 Å². The summed E-state index contributed by atoms with van der Waals surface area (Å²) in [6.07, 6.45) is 26.8. The lowest BCUT2D eigenvalue weighted by Crippen LogP contribution is -2.27. The van der Waals surface area contributed by atoms with E-state index in [1.54, 1.807) is 6.92 Å². The molecule has 0 aliphatic rings. The summed E-state index contributed by atoms with van der Waals surface area (Å²) in [7, 11) is 0. The largest absolute Gasteiger partial charge is 0.465 e. The number of unbranched alkanes of at least 4 members (excludes halogenated alkanes) is 16. The van der Waals surface area contributed by atoms with Gasteiger partial charge in [0, 0.05) is 13.0 Å². The van der Waals surface area contributed by atoms with Crippen molar-refractivity contribution >= 4 is 11.8 Å². The third-order valence-corrected chi connectivity index (χ3v) is 7.72. The van der Waals surface area contributed by atoms with E-state index >= 15 is 0 Å². The highest BCUT2D eigenvalue weighted by Gasteiger charge is 2.11. The predicted molar refractivity (Wildman–Crippen MR) is 173 cm³/mol. The van der Waals surface area contributed by atoms with Crippen LogP contribution in [0.3, 0.4) is 0 Å². The molecule has 0 aromatic carbocycles. The van der Waals surface area contributed by atoms with Gasteiger partial charge in [-0.2, -0.15) is 0 Å². The molecule has 1 N–H and O–H groups in total. The molecule has 0 rings (SSSR count). The van der Waals surface area contributed by atoms with Gasteiger partial charge in [-0.25, -0.2) is 0 Å². The molecule has 5 heteroatoms. The Morgan fingerprint density at radius 2 is 1.05 bits per heavy atom. The molecule has 1 atom stereocenters. The Morgan fingerprint density at radius 3 is 1.50 bits per heavy atom. The molecule has 0 fully saturated rings. The second-order valence-corrected chi connectivity index (χ2v) is 11.9. The zero-order chi connectivity index (χ0) is 30.1. The van der Waals surface area contributed by atoms with Gasteiger partial charge in [-0.15, -0.1) is 0 Å². The topological polar surface area (TPSA) is 66.8 Å². The van der Waals surface area contributed by atoms with Crippen LogP contribution < -0.4 is 0 Å². The van der Waals surface area contributed by atoms with E-state index in [0.29, 0.717) is 19.0 Å². The Morgan fingerprint density at radius 1 is 0.625 bits per heavy atom. The lowest BCUT2D eigenvalue weighted by molar-refractivity contribution is -0.148. The molecule has 0 aliphatic carbocycles. The van der Waals surface area contributed by atoms with Gasteiger partial charge < -0.3 is 19.5 Å². The van der Waals surface area contributed by atoms with E-state index in [2.05, 4.69) is 18.7 Å². The smallest absolute Gasteiger partial charge is 0.308 e. The van der Waals surface area contributed by atoms with Crippen LogP contribution in [-0.4, -0.2) is 54.6 Å². The van der Waals surface area contributed by atoms with Crippen LogP contribution in [0.2, 0.25) is 0 Å². The van der Waals surface area contributed by atoms with Crippen LogP contribution in [0.1, 0.15) is 176 Å². The summed E-state index contributed by atoms with van der Waals surface area (Å²) in [4.78, 5) is 24.6. The highest BCUT2D eigenvalue weighted by Crippen LogP contribution is 2.12. The first-order chi connectivity index (χ1) is 19.4. The normalized spacial score (nSPS) is 11.8. The molecule has 5 nitrogen and oxygen atoms in total. The van der Waals surface area contributed by atoms with Crippen molar-refractivity contribution < 1.29 is 19.4 Å². The number of hydrogen-bond donors (Lipinski definition) is 1. The van der Waals surface area contributed by atoms with E-state index in [0.717, 1.165) is 45.1 Å². The molecule has 40 heavy (non-hydrogen) atoms. The summed E-state index contributed by atoms with van der Waals surface area (Å²) in [6, 6.07) is 0. The minimum atomic E-state index is -0.0389. The molecule has 0 amide bonds. The average Bonchev–Trinajstić information content (AvgIpc) is 2.94. The lowest BCUT2D eigenvalue weighted by Gasteiger charge is -2.22. The summed E-state index contributed by atoms with van der Waals surface area (Å²) in [5.41, 5.74) is 0. The zero-order valence-corrected chi connectivity index (χ0v) is 27.8. The molecule has 240 valence electrons. The van der Waals surface area contributed by atoms with Crippen molar-refractivity contribution in [3.8, 4) is 0 Å². The van der Waals surface area contributed by atoms with Crippen molar-refractivity contribution in [1.82, 2.24) is 4.90 Å². The number of aliphatic hydroxyl groups excluding tert-OH is 1. The highest BCUT2D eigenvalue weighted by atomic mass is 16.5. The first-order valence-electron chi connectivity index (χ1n) is 17.4. The minimum absolute atomic E-state index is 0.0359. The number of carbonyl (C=O) groups is 2. The van der Waals surface area contributed by atoms with Crippen LogP contribution in [-0.2, 0) is 14.3 Å². The summed E-state index contributed by atoms with van der Waals surface area (Å²) < 4.78 is 5.32. The van der Waals surface area contributed by atoms with Crippen molar-refractivity contribution in [1.29, 1.82) is 0 Å². The highest BCUT2D eigenvalue weighted by molar-refractivity contribution is 5.75. The van der Waals surface area contributed by atoms with Crippen LogP contribution in [0, 0.1) is 5.92 Å². The standard InChI is InChI=1S/C28H57NO3.C7H14O/c1-4-6-7-8-9-11-14-17-22-29(24-19-20-25-30)23-18-15-12-10-13-16-21-26-32-28(31)27(3)5-2;1-3-4-5-6-7(2)8/h27,30H,4-26H2,1-3H3;3-6H2,1-2H3. The van der Waals surface area contributed by atoms with E-state index < -0.39 is 0 Å². The molecular formula is C35H71NO4. The SMILES string of the molecule is CCCCCC(C)=O.CCCCCCCCCCN(CCCCO)CCCCCCCCCOC(=O)C(C)CC. The van der Waals surface area contributed by atoms with Gasteiger partial charge in [0.25, 0.3) is 0 Å². The molecule has 1 unspecified atom stereocenters. The monoisotopic (exact) mass is 570 g/mol. The van der Waals surface area contributed by atoms with Crippen molar-refractivity contribution in [2.75, 3.05) is 32.8 Å². The Labute approximate surface area is 250 Å². The van der Waals surface area contributed by atoms with Crippen LogP contribution in [0.5, 0.6) is 0 Å². The molecule has 0 radical (unpaired) electrons. The van der Waals surface area contributed by atoms with Crippen LogP contribution in [0.4, 0.5) is 0 Å². The maximum absolute atomic E-state index is 11.6. The fourth-order valence-corrected chi connectivity index (χ4v) is 4.68. The van der Waals surface area contributed by atoms with Crippen molar-refractivity contribution in [3.05, 3.63) is 0 Å². The summed E-state index contributed by atoms with van der Waals surface area (Å²) in [5.74, 6) is 0.315. The summed E-state index contributed by atoms with van der Waals surface area (Å²) in [5, 5.41) is 9.08. The average molecular weight is 570 g/mol. The number of aliphatic hydroxyl groups is 1.